The van der Waals surface area contributed by atoms with Gasteiger partial charge in [0.1, 0.15) is 5.76 Å². The number of allylic oxidation sites excluding steroid dienone is 5. The Morgan fingerprint density at radius 1 is 1.40 bits per heavy atom. The highest BCUT2D eigenvalue weighted by Crippen LogP contribution is 2.40. The summed E-state index contributed by atoms with van der Waals surface area (Å²) >= 11 is 0. The van der Waals surface area contributed by atoms with Crippen LogP contribution in [0.25, 0.3) is 6.08 Å². The third-order valence-electron chi connectivity index (χ3n) is 4.67. The van der Waals surface area contributed by atoms with Crippen LogP contribution < -0.4 is 5.32 Å². The van der Waals surface area contributed by atoms with Crippen LogP contribution in [-0.4, -0.2) is 24.2 Å². The zero-order chi connectivity index (χ0) is 18.4. The number of aliphatic hydroxyl groups excluding tert-OH is 1. The lowest BCUT2D eigenvalue weighted by Gasteiger charge is -2.32. The second-order valence-corrected chi connectivity index (χ2v) is 7.33. The monoisotopic (exact) mass is 343 g/mol. The lowest BCUT2D eigenvalue weighted by atomic mass is 9.72. The average Bonchev–Trinajstić information content (AvgIpc) is 3.00. The summed E-state index contributed by atoms with van der Waals surface area (Å²) in [5.41, 5.74) is 4.19. The average molecular weight is 343 g/mol. The van der Waals surface area contributed by atoms with Crippen LogP contribution in [0.4, 0.5) is 0 Å². The van der Waals surface area contributed by atoms with Gasteiger partial charge in [0, 0.05) is 6.54 Å². The molecule has 0 bridgehead atoms. The minimum absolute atomic E-state index is 0.0886. The molecule has 2 rings (SSSR count). The molecule has 4 nitrogen and oxygen atoms in total. The van der Waals surface area contributed by atoms with Crippen molar-refractivity contribution in [1.29, 1.82) is 0 Å². The number of carbonyl (C=O) groups excluding carboxylic acids is 1. The lowest BCUT2D eigenvalue weighted by molar-refractivity contribution is 0.0916. The summed E-state index contributed by atoms with van der Waals surface area (Å²) in [4.78, 5) is 11.8. The maximum atomic E-state index is 11.8. The van der Waals surface area contributed by atoms with E-state index in [4.69, 9.17) is 9.52 Å². The first-order valence-corrected chi connectivity index (χ1v) is 8.89. The van der Waals surface area contributed by atoms with Crippen LogP contribution in [0.5, 0.6) is 0 Å². The van der Waals surface area contributed by atoms with Gasteiger partial charge in [0.25, 0.3) is 5.91 Å². The number of amides is 1. The van der Waals surface area contributed by atoms with Crippen molar-refractivity contribution in [3.05, 3.63) is 52.5 Å². The van der Waals surface area contributed by atoms with Crippen molar-refractivity contribution in [3.8, 4) is 0 Å². The van der Waals surface area contributed by atoms with E-state index >= 15 is 0 Å². The molecule has 4 heteroatoms. The molecule has 2 N–H and O–H groups in total. The fraction of sp³-hybridized carbons (Fsp3) is 0.476. The van der Waals surface area contributed by atoms with Crippen LogP contribution in [-0.2, 0) is 0 Å². The number of nitrogens with one attached hydrogen (secondary N) is 1. The van der Waals surface area contributed by atoms with E-state index in [9.17, 15) is 4.79 Å². The number of carbonyl (C=O) groups is 1. The molecule has 1 aliphatic rings. The summed E-state index contributed by atoms with van der Waals surface area (Å²) in [5, 5.41) is 11.3. The second-order valence-electron chi connectivity index (χ2n) is 7.33. The number of rotatable bonds is 6. The second kappa shape index (κ2) is 8.34. The first-order chi connectivity index (χ1) is 11.8. The van der Waals surface area contributed by atoms with Crippen molar-refractivity contribution in [1.82, 2.24) is 5.32 Å². The third kappa shape index (κ3) is 5.20. The van der Waals surface area contributed by atoms with Crippen LogP contribution in [0, 0.1) is 5.41 Å². The molecular formula is C21H29NO3. The van der Waals surface area contributed by atoms with Gasteiger partial charge in [0.15, 0.2) is 5.76 Å². The van der Waals surface area contributed by atoms with E-state index in [2.05, 4.69) is 38.2 Å². The SMILES string of the molecule is CC(C=CC1=C(C)CCCC1(C)C)=Cc1ccc(C(=O)NCCO)o1. The Hall–Kier alpha value is -2.07. The molecule has 0 saturated carbocycles. The fourth-order valence-electron chi connectivity index (χ4n) is 3.31. The van der Waals surface area contributed by atoms with Gasteiger partial charge in [-0.2, -0.15) is 0 Å². The van der Waals surface area contributed by atoms with Crippen molar-refractivity contribution in [2.75, 3.05) is 13.2 Å². The molecule has 0 saturated heterocycles. The van der Waals surface area contributed by atoms with E-state index in [1.54, 1.807) is 12.1 Å². The Bertz CT molecular complexity index is 704. The predicted molar refractivity (Wildman–Crippen MR) is 101 cm³/mol. The molecule has 136 valence electrons. The maximum absolute atomic E-state index is 11.8. The maximum Gasteiger partial charge on any atom is 0.287 e. The van der Waals surface area contributed by atoms with Crippen LogP contribution in [0.3, 0.4) is 0 Å². The molecule has 1 heterocycles. The standard InChI is InChI=1S/C21H29NO3/c1-15(7-9-18-16(2)6-5-11-21(18,3)4)14-17-8-10-19(25-17)20(24)22-12-13-23/h7-10,14,23H,5-6,11-13H2,1-4H3,(H,22,24). The van der Waals surface area contributed by atoms with Crippen molar-refractivity contribution in [2.24, 2.45) is 5.41 Å². The molecule has 0 spiro atoms. The van der Waals surface area contributed by atoms with Crippen molar-refractivity contribution < 1.29 is 14.3 Å². The molecule has 1 aromatic rings. The van der Waals surface area contributed by atoms with E-state index in [1.807, 2.05) is 13.0 Å². The number of hydrogen-bond donors (Lipinski definition) is 2. The van der Waals surface area contributed by atoms with Gasteiger partial charge >= 0.3 is 0 Å². The Labute approximate surface area is 150 Å². The Balaban J connectivity index is 2.09. The Kier molecular flexibility index (Phi) is 6.43. The molecule has 0 aliphatic heterocycles. The van der Waals surface area contributed by atoms with Gasteiger partial charge < -0.3 is 14.8 Å². The van der Waals surface area contributed by atoms with Gasteiger partial charge in [-0.05, 0) is 67.9 Å². The zero-order valence-corrected chi connectivity index (χ0v) is 15.7. The highest BCUT2D eigenvalue weighted by molar-refractivity contribution is 5.91. The molecule has 0 aromatic carbocycles. The highest BCUT2D eigenvalue weighted by Gasteiger charge is 2.26. The summed E-state index contributed by atoms with van der Waals surface area (Å²) in [6.07, 6.45) is 9.91. The van der Waals surface area contributed by atoms with E-state index in [0.29, 0.717) is 5.76 Å². The van der Waals surface area contributed by atoms with Crippen LogP contribution >= 0.6 is 0 Å². The lowest BCUT2D eigenvalue weighted by Crippen LogP contribution is -2.25. The van der Waals surface area contributed by atoms with Crippen LogP contribution in [0.15, 0.2) is 45.4 Å². The number of furan rings is 1. The van der Waals surface area contributed by atoms with Gasteiger partial charge in [-0.3, -0.25) is 4.79 Å². The number of aliphatic hydroxyl groups is 1. The van der Waals surface area contributed by atoms with E-state index in [1.165, 1.54) is 30.4 Å². The smallest absolute Gasteiger partial charge is 0.287 e. The normalized spacial score (nSPS) is 18.0. The van der Waals surface area contributed by atoms with Crippen molar-refractivity contribution in [3.63, 3.8) is 0 Å². The topological polar surface area (TPSA) is 62.5 Å². The van der Waals surface area contributed by atoms with E-state index in [0.717, 1.165) is 5.57 Å². The number of hydrogen-bond acceptors (Lipinski definition) is 3. The van der Waals surface area contributed by atoms with Gasteiger partial charge in [-0.1, -0.05) is 31.6 Å². The first-order valence-electron chi connectivity index (χ1n) is 8.89. The van der Waals surface area contributed by atoms with Gasteiger partial charge in [-0.25, -0.2) is 0 Å². The zero-order valence-electron chi connectivity index (χ0n) is 15.7. The summed E-state index contributed by atoms with van der Waals surface area (Å²) in [6.45, 7) is 8.99. The highest BCUT2D eigenvalue weighted by atomic mass is 16.3. The fourth-order valence-corrected chi connectivity index (χ4v) is 3.31. The van der Waals surface area contributed by atoms with E-state index in [-0.39, 0.29) is 30.2 Å². The molecule has 1 aromatic heterocycles. The Morgan fingerprint density at radius 3 is 2.84 bits per heavy atom. The van der Waals surface area contributed by atoms with Crippen LogP contribution in [0.1, 0.15) is 63.3 Å². The third-order valence-corrected chi connectivity index (χ3v) is 4.67. The quantitative estimate of drug-likeness (QED) is 0.748. The minimum Gasteiger partial charge on any atom is -0.452 e. The minimum atomic E-state index is -0.313. The largest absolute Gasteiger partial charge is 0.452 e. The van der Waals surface area contributed by atoms with Gasteiger partial charge in [0.2, 0.25) is 0 Å². The molecule has 0 atom stereocenters. The molecule has 0 radical (unpaired) electrons. The predicted octanol–water partition coefficient (Wildman–Crippen LogP) is 4.49. The van der Waals surface area contributed by atoms with Crippen molar-refractivity contribution >= 4 is 12.0 Å². The molecule has 25 heavy (non-hydrogen) atoms. The molecular weight excluding hydrogens is 314 g/mol. The van der Waals surface area contributed by atoms with E-state index < -0.39 is 0 Å². The Morgan fingerprint density at radius 2 is 2.16 bits per heavy atom. The first kappa shape index (κ1) is 19.3. The van der Waals surface area contributed by atoms with Crippen molar-refractivity contribution in [2.45, 2.75) is 47.0 Å². The molecule has 1 aliphatic carbocycles. The molecule has 0 fully saturated rings. The van der Waals surface area contributed by atoms with Gasteiger partial charge in [-0.15, -0.1) is 0 Å². The van der Waals surface area contributed by atoms with Gasteiger partial charge in [0.05, 0.1) is 6.61 Å². The summed E-state index contributed by atoms with van der Waals surface area (Å²) < 4.78 is 5.55. The van der Waals surface area contributed by atoms with Crippen LogP contribution in [0.2, 0.25) is 0 Å². The molecule has 0 unspecified atom stereocenters. The summed E-state index contributed by atoms with van der Waals surface area (Å²) in [7, 11) is 0. The summed E-state index contributed by atoms with van der Waals surface area (Å²) in [5.74, 6) is 0.583. The molecule has 1 amide bonds. The summed E-state index contributed by atoms with van der Waals surface area (Å²) in [6, 6.07) is 3.42.